The van der Waals surface area contributed by atoms with Crippen molar-refractivity contribution in [2.45, 2.75) is 31.8 Å². The molecule has 2 saturated heterocycles. The molecule has 0 aliphatic carbocycles. The highest BCUT2D eigenvalue weighted by Gasteiger charge is 2.55. The Morgan fingerprint density at radius 2 is 2.03 bits per heavy atom. The fourth-order valence-electron chi connectivity index (χ4n) is 5.19. The molecule has 0 saturated carbocycles. The van der Waals surface area contributed by atoms with Crippen molar-refractivity contribution in [1.29, 1.82) is 0 Å². The molecule has 7 nitrogen and oxygen atoms in total. The van der Waals surface area contributed by atoms with Crippen LogP contribution in [0.3, 0.4) is 0 Å². The maximum Gasteiger partial charge on any atom is 0.231 e. The highest BCUT2D eigenvalue weighted by molar-refractivity contribution is 7.09. The molecule has 1 amide bonds. The minimum Gasteiger partial charge on any atom is -0.338 e. The lowest BCUT2D eigenvalue weighted by Gasteiger charge is -2.42. The quantitative estimate of drug-likeness (QED) is 0.632. The van der Waals surface area contributed by atoms with Crippen LogP contribution >= 0.6 is 11.3 Å². The van der Waals surface area contributed by atoms with E-state index in [1.807, 2.05) is 41.6 Å². The minimum absolute atomic E-state index is 0.137. The molecule has 30 heavy (non-hydrogen) atoms. The van der Waals surface area contributed by atoms with Crippen molar-refractivity contribution in [3.05, 3.63) is 64.6 Å². The monoisotopic (exact) mass is 422 g/mol. The lowest BCUT2D eigenvalue weighted by atomic mass is 9.70. The summed E-state index contributed by atoms with van der Waals surface area (Å²) in [6.07, 6.45) is 9.23. The Hall–Kier alpha value is -2.58. The molecule has 2 aliphatic rings. The van der Waals surface area contributed by atoms with E-state index >= 15 is 0 Å². The van der Waals surface area contributed by atoms with Crippen LogP contribution in [0.25, 0.3) is 0 Å². The third-order valence-electron chi connectivity index (χ3n) is 6.56. The number of aryl methyl sites for hydroxylation is 1. The van der Waals surface area contributed by atoms with Crippen LogP contribution in [0, 0.1) is 5.41 Å². The van der Waals surface area contributed by atoms with Crippen molar-refractivity contribution >= 4 is 17.2 Å². The fourth-order valence-corrected chi connectivity index (χ4v) is 5.85. The first kappa shape index (κ1) is 19.4. The third-order valence-corrected chi connectivity index (χ3v) is 7.32. The first-order chi connectivity index (χ1) is 14.7. The van der Waals surface area contributed by atoms with Gasteiger partial charge in [0, 0.05) is 75.0 Å². The summed E-state index contributed by atoms with van der Waals surface area (Å²) in [6.45, 7) is 3.88. The van der Waals surface area contributed by atoms with Crippen LogP contribution in [-0.4, -0.2) is 55.1 Å². The zero-order valence-corrected chi connectivity index (χ0v) is 18.0. The summed E-state index contributed by atoms with van der Waals surface area (Å²) in [5.41, 5.74) is 1.87. The van der Waals surface area contributed by atoms with Gasteiger partial charge >= 0.3 is 0 Å². The summed E-state index contributed by atoms with van der Waals surface area (Å²) in [5, 5.41) is 7.53. The summed E-state index contributed by atoms with van der Waals surface area (Å²) in [6, 6.07) is 6.07. The zero-order valence-electron chi connectivity index (χ0n) is 17.1. The maximum atomic E-state index is 14.0. The van der Waals surface area contributed by atoms with E-state index in [-0.39, 0.29) is 11.8 Å². The number of thiazole rings is 1. The lowest BCUT2D eigenvalue weighted by Crippen LogP contribution is -2.52. The van der Waals surface area contributed by atoms with E-state index in [4.69, 9.17) is 0 Å². The Kier molecular flexibility index (Phi) is 5.12. The number of hydrogen-bond donors (Lipinski definition) is 0. The molecule has 3 aromatic rings. The predicted molar refractivity (Wildman–Crippen MR) is 115 cm³/mol. The molecule has 0 N–H and O–H groups in total. The van der Waals surface area contributed by atoms with Gasteiger partial charge in [0.1, 0.15) is 5.01 Å². The van der Waals surface area contributed by atoms with Crippen molar-refractivity contribution in [2.24, 2.45) is 12.5 Å². The Labute approximate surface area is 180 Å². The number of aromatic nitrogens is 4. The standard InChI is InChI=1S/C22H26N6OS/c1-26-19(5-9-25-26)18-14-27(15-20-24-10-12-30-20)16-22(18)6-2-11-28(21(22)29)13-17-3-7-23-8-4-17/h3-5,7-10,12,18H,2,6,11,13-16H2,1H3/t18-,22+/m0/s1. The molecular weight excluding hydrogens is 396 g/mol. The van der Waals surface area contributed by atoms with Gasteiger partial charge in [-0.25, -0.2) is 4.98 Å². The molecule has 0 bridgehead atoms. The van der Waals surface area contributed by atoms with E-state index in [0.717, 1.165) is 55.3 Å². The smallest absolute Gasteiger partial charge is 0.231 e. The van der Waals surface area contributed by atoms with Crippen molar-refractivity contribution in [1.82, 2.24) is 29.5 Å². The number of carbonyl (C=O) groups is 1. The molecule has 1 spiro atoms. The first-order valence-corrected chi connectivity index (χ1v) is 11.3. The number of rotatable bonds is 5. The van der Waals surface area contributed by atoms with Crippen molar-refractivity contribution in [3.8, 4) is 0 Å². The normalized spacial score (nSPS) is 24.8. The molecule has 3 aromatic heterocycles. The first-order valence-electron chi connectivity index (χ1n) is 10.4. The molecule has 0 aromatic carbocycles. The van der Waals surface area contributed by atoms with E-state index < -0.39 is 5.41 Å². The lowest BCUT2D eigenvalue weighted by molar-refractivity contribution is -0.147. The number of piperidine rings is 1. The maximum absolute atomic E-state index is 14.0. The second kappa shape index (κ2) is 7.92. The van der Waals surface area contributed by atoms with Gasteiger partial charge in [-0.15, -0.1) is 11.3 Å². The zero-order chi connectivity index (χ0) is 20.6. The number of nitrogens with zero attached hydrogens (tertiary/aromatic N) is 6. The topological polar surface area (TPSA) is 67.2 Å². The molecule has 5 heterocycles. The van der Waals surface area contributed by atoms with E-state index in [0.29, 0.717) is 6.54 Å². The van der Waals surface area contributed by atoms with Gasteiger partial charge in [0.05, 0.1) is 12.0 Å². The summed E-state index contributed by atoms with van der Waals surface area (Å²) < 4.78 is 1.94. The molecule has 2 fully saturated rings. The van der Waals surface area contributed by atoms with Gasteiger partial charge in [0.25, 0.3) is 0 Å². The third kappa shape index (κ3) is 3.44. The molecule has 2 aliphatic heterocycles. The Morgan fingerprint density at radius 3 is 2.77 bits per heavy atom. The van der Waals surface area contributed by atoms with Gasteiger partial charge in [-0.05, 0) is 36.6 Å². The Balaban J connectivity index is 1.46. The summed E-state index contributed by atoms with van der Waals surface area (Å²) in [5.74, 6) is 0.413. The number of carbonyl (C=O) groups excluding carboxylic acids is 1. The SMILES string of the molecule is Cn1nccc1[C@@H]1CN(Cc2nccs2)C[C@]12CCCN(Cc1ccncc1)C2=O. The van der Waals surface area contributed by atoms with Crippen LogP contribution in [0.2, 0.25) is 0 Å². The summed E-state index contributed by atoms with van der Waals surface area (Å²) in [7, 11) is 1.98. The van der Waals surface area contributed by atoms with E-state index in [9.17, 15) is 4.79 Å². The van der Waals surface area contributed by atoms with Gasteiger partial charge in [-0.2, -0.15) is 5.10 Å². The van der Waals surface area contributed by atoms with Crippen LogP contribution in [0.15, 0.2) is 48.4 Å². The van der Waals surface area contributed by atoms with Crippen LogP contribution in [-0.2, 0) is 24.9 Å². The van der Waals surface area contributed by atoms with Gasteiger partial charge in [0.2, 0.25) is 5.91 Å². The number of amides is 1. The molecule has 0 radical (unpaired) electrons. The average Bonchev–Trinajstić information content (AvgIpc) is 3.48. The van der Waals surface area contributed by atoms with Gasteiger partial charge in [0.15, 0.2) is 0 Å². The average molecular weight is 423 g/mol. The van der Waals surface area contributed by atoms with Crippen molar-refractivity contribution in [2.75, 3.05) is 19.6 Å². The number of hydrogen-bond acceptors (Lipinski definition) is 6. The van der Waals surface area contributed by atoms with E-state index in [2.05, 4.69) is 30.9 Å². The van der Waals surface area contributed by atoms with Crippen LogP contribution in [0.5, 0.6) is 0 Å². The molecule has 5 rings (SSSR count). The Morgan fingerprint density at radius 1 is 1.17 bits per heavy atom. The van der Waals surface area contributed by atoms with Gasteiger partial charge in [-0.1, -0.05) is 0 Å². The molecule has 0 unspecified atom stereocenters. The van der Waals surface area contributed by atoms with Crippen molar-refractivity contribution < 1.29 is 4.79 Å². The second-order valence-corrected chi connectivity index (χ2v) is 9.35. The fraction of sp³-hybridized carbons (Fsp3) is 0.455. The highest BCUT2D eigenvalue weighted by Crippen LogP contribution is 2.49. The van der Waals surface area contributed by atoms with Gasteiger partial charge in [-0.3, -0.25) is 19.4 Å². The molecule has 2 atom stereocenters. The van der Waals surface area contributed by atoms with Crippen LogP contribution in [0.1, 0.15) is 35.0 Å². The second-order valence-electron chi connectivity index (χ2n) is 8.37. The van der Waals surface area contributed by atoms with E-state index in [1.165, 1.54) is 0 Å². The summed E-state index contributed by atoms with van der Waals surface area (Å²) >= 11 is 1.68. The number of pyridine rings is 1. The molecule has 8 heteroatoms. The molecule has 156 valence electrons. The number of likely N-dealkylation sites (tertiary alicyclic amines) is 2. The Bertz CT molecular complexity index is 1000. The highest BCUT2D eigenvalue weighted by atomic mass is 32.1. The molecular formula is C22H26N6OS. The van der Waals surface area contributed by atoms with Crippen LogP contribution in [0.4, 0.5) is 0 Å². The summed E-state index contributed by atoms with van der Waals surface area (Å²) in [4.78, 5) is 27.0. The van der Waals surface area contributed by atoms with E-state index in [1.54, 1.807) is 23.7 Å². The van der Waals surface area contributed by atoms with Crippen LogP contribution < -0.4 is 0 Å². The van der Waals surface area contributed by atoms with Crippen molar-refractivity contribution in [3.63, 3.8) is 0 Å². The minimum atomic E-state index is -0.406. The van der Waals surface area contributed by atoms with Gasteiger partial charge < -0.3 is 4.90 Å². The predicted octanol–water partition coefficient (Wildman–Crippen LogP) is 2.68. The largest absolute Gasteiger partial charge is 0.338 e.